The van der Waals surface area contributed by atoms with E-state index < -0.39 is 0 Å². The second kappa shape index (κ2) is 5.10. The standard InChI is InChI=1S/C13H11BrN2O2/c14-9-3-6-12(11(15)7-9)16-13(18)8-1-4-10(17)5-2-8/h1-7,17H,15H2,(H,16,18). The van der Waals surface area contributed by atoms with Crippen LogP contribution >= 0.6 is 15.9 Å². The molecule has 0 heterocycles. The Morgan fingerprint density at radius 2 is 1.83 bits per heavy atom. The molecule has 0 saturated heterocycles. The van der Waals surface area contributed by atoms with Crippen LogP contribution in [0.2, 0.25) is 0 Å². The number of carbonyl (C=O) groups excluding carboxylic acids is 1. The van der Waals surface area contributed by atoms with Crippen molar-refractivity contribution in [1.29, 1.82) is 0 Å². The van der Waals surface area contributed by atoms with Crippen LogP contribution in [-0.2, 0) is 0 Å². The molecule has 0 spiro atoms. The number of halogens is 1. The molecule has 18 heavy (non-hydrogen) atoms. The Morgan fingerprint density at radius 3 is 2.44 bits per heavy atom. The highest BCUT2D eigenvalue weighted by atomic mass is 79.9. The maximum Gasteiger partial charge on any atom is 0.255 e. The normalized spacial score (nSPS) is 10.1. The first-order chi connectivity index (χ1) is 8.56. The van der Waals surface area contributed by atoms with E-state index in [0.29, 0.717) is 16.9 Å². The number of hydrogen-bond donors (Lipinski definition) is 3. The SMILES string of the molecule is Nc1cc(Br)ccc1NC(=O)c1ccc(O)cc1. The van der Waals surface area contributed by atoms with Gasteiger partial charge in [0, 0.05) is 10.0 Å². The van der Waals surface area contributed by atoms with Gasteiger partial charge in [0.15, 0.2) is 0 Å². The molecule has 0 radical (unpaired) electrons. The third-order valence-electron chi connectivity index (χ3n) is 2.39. The molecule has 0 aliphatic heterocycles. The molecule has 92 valence electrons. The summed E-state index contributed by atoms with van der Waals surface area (Å²) in [6.07, 6.45) is 0. The fourth-order valence-electron chi connectivity index (χ4n) is 1.45. The highest BCUT2D eigenvalue weighted by molar-refractivity contribution is 9.10. The number of aromatic hydroxyl groups is 1. The topological polar surface area (TPSA) is 75.3 Å². The summed E-state index contributed by atoms with van der Waals surface area (Å²) >= 11 is 3.29. The van der Waals surface area contributed by atoms with Gasteiger partial charge in [-0.3, -0.25) is 4.79 Å². The van der Waals surface area contributed by atoms with Gasteiger partial charge < -0.3 is 16.2 Å². The molecule has 1 amide bonds. The monoisotopic (exact) mass is 306 g/mol. The van der Waals surface area contributed by atoms with Crippen molar-refractivity contribution in [3.63, 3.8) is 0 Å². The van der Waals surface area contributed by atoms with E-state index in [-0.39, 0.29) is 11.7 Å². The van der Waals surface area contributed by atoms with Crippen LogP contribution in [0.3, 0.4) is 0 Å². The molecule has 0 aromatic heterocycles. The van der Waals surface area contributed by atoms with Gasteiger partial charge in [-0.05, 0) is 42.5 Å². The molecule has 4 nitrogen and oxygen atoms in total. The minimum atomic E-state index is -0.274. The lowest BCUT2D eigenvalue weighted by molar-refractivity contribution is 0.102. The summed E-state index contributed by atoms with van der Waals surface area (Å²) in [5.41, 5.74) is 7.28. The van der Waals surface area contributed by atoms with Crippen LogP contribution in [0.25, 0.3) is 0 Å². The van der Waals surface area contributed by atoms with Crippen LogP contribution in [-0.4, -0.2) is 11.0 Å². The van der Waals surface area contributed by atoms with Crippen molar-refractivity contribution in [2.75, 3.05) is 11.1 Å². The van der Waals surface area contributed by atoms with Crippen LogP contribution in [0.5, 0.6) is 5.75 Å². The largest absolute Gasteiger partial charge is 0.508 e. The predicted octanol–water partition coefficient (Wildman–Crippen LogP) is 2.99. The van der Waals surface area contributed by atoms with Crippen LogP contribution < -0.4 is 11.1 Å². The summed E-state index contributed by atoms with van der Waals surface area (Å²) in [6.45, 7) is 0. The molecule has 0 bridgehead atoms. The van der Waals surface area contributed by atoms with E-state index in [9.17, 15) is 4.79 Å². The number of phenols is 1. The first-order valence-electron chi connectivity index (χ1n) is 5.21. The molecule has 0 aliphatic carbocycles. The zero-order valence-corrected chi connectivity index (χ0v) is 10.9. The van der Waals surface area contributed by atoms with Gasteiger partial charge in [0.2, 0.25) is 0 Å². The number of nitrogens with two attached hydrogens (primary N) is 1. The highest BCUT2D eigenvalue weighted by Gasteiger charge is 2.08. The predicted molar refractivity (Wildman–Crippen MR) is 74.6 cm³/mol. The maximum atomic E-state index is 11.9. The Balaban J connectivity index is 2.18. The van der Waals surface area contributed by atoms with Gasteiger partial charge in [-0.25, -0.2) is 0 Å². The summed E-state index contributed by atoms with van der Waals surface area (Å²) in [5.74, 6) is -0.154. The summed E-state index contributed by atoms with van der Waals surface area (Å²) < 4.78 is 0.850. The van der Waals surface area contributed by atoms with Gasteiger partial charge in [0.1, 0.15) is 5.75 Å². The van der Waals surface area contributed by atoms with Crippen LogP contribution in [0.1, 0.15) is 10.4 Å². The molecule has 0 unspecified atom stereocenters. The van der Waals surface area contributed by atoms with Crippen molar-refractivity contribution in [1.82, 2.24) is 0 Å². The average molecular weight is 307 g/mol. The Bertz CT molecular complexity index is 582. The Morgan fingerprint density at radius 1 is 1.17 bits per heavy atom. The number of amides is 1. The molecule has 0 saturated carbocycles. The van der Waals surface area contributed by atoms with Crippen LogP contribution in [0.4, 0.5) is 11.4 Å². The lowest BCUT2D eigenvalue weighted by atomic mass is 10.2. The summed E-state index contributed by atoms with van der Waals surface area (Å²) in [7, 11) is 0. The maximum absolute atomic E-state index is 11.9. The van der Waals surface area contributed by atoms with E-state index in [1.807, 2.05) is 0 Å². The van der Waals surface area contributed by atoms with Crippen molar-refractivity contribution in [2.45, 2.75) is 0 Å². The smallest absolute Gasteiger partial charge is 0.255 e. The Hall–Kier alpha value is -2.01. The van der Waals surface area contributed by atoms with Crippen molar-refractivity contribution in [2.24, 2.45) is 0 Å². The lowest BCUT2D eigenvalue weighted by Crippen LogP contribution is -2.12. The number of carbonyl (C=O) groups is 1. The van der Waals surface area contributed by atoms with E-state index in [1.54, 1.807) is 30.3 Å². The molecule has 0 aliphatic rings. The second-order valence-electron chi connectivity index (χ2n) is 3.73. The number of rotatable bonds is 2. The molecule has 4 N–H and O–H groups in total. The van der Waals surface area contributed by atoms with Crippen LogP contribution in [0.15, 0.2) is 46.9 Å². The zero-order chi connectivity index (χ0) is 13.1. The molecule has 2 aromatic rings. The van der Waals surface area contributed by atoms with E-state index >= 15 is 0 Å². The summed E-state index contributed by atoms with van der Waals surface area (Å²) in [4.78, 5) is 11.9. The first-order valence-corrected chi connectivity index (χ1v) is 6.01. The second-order valence-corrected chi connectivity index (χ2v) is 4.65. The number of benzene rings is 2. The fraction of sp³-hybridized carbons (Fsp3) is 0. The summed E-state index contributed by atoms with van der Waals surface area (Å²) in [5, 5.41) is 11.9. The van der Waals surface area contributed by atoms with E-state index in [4.69, 9.17) is 10.8 Å². The molecular weight excluding hydrogens is 296 g/mol. The van der Waals surface area contributed by atoms with Crippen LogP contribution in [0, 0.1) is 0 Å². The first kappa shape index (κ1) is 12.4. The quantitative estimate of drug-likeness (QED) is 0.747. The minimum Gasteiger partial charge on any atom is -0.508 e. The minimum absolute atomic E-state index is 0.120. The molecule has 0 fully saturated rings. The molecule has 2 aromatic carbocycles. The van der Waals surface area contributed by atoms with Crippen molar-refractivity contribution in [3.8, 4) is 5.75 Å². The fourth-order valence-corrected chi connectivity index (χ4v) is 1.83. The third kappa shape index (κ3) is 2.81. The number of hydrogen-bond acceptors (Lipinski definition) is 3. The number of nitrogen functional groups attached to an aromatic ring is 1. The molecule has 5 heteroatoms. The Labute approximate surface area is 113 Å². The number of anilines is 2. The molecule has 2 rings (SSSR count). The third-order valence-corrected chi connectivity index (χ3v) is 2.88. The van der Waals surface area contributed by atoms with Gasteiger partial charge in [-0.2, -0.15) is 0 Å². The Kier molecular flexibility index (Phi) is 3.53. The van der Waals surface area contributed by atoms with Crippen molar-refractivity contribution in [3.05, 3.63) is 52.5 Å². The highest BCUT2D eigenvalue weighted by Crippen LogP contribution is 2.23. The van der Waals surface area contributed by atoms with Gasteiger partial charge >= 0.3 is 0 Å². The van der Waals surface area contributed by atoms with Crippen molar-refractivity contribution >= 4 is 33.2 Å². The van der Waals surface area contributed by atoms with Gasteiger partial charge in [-0.1, -0.05) is 15.9 Å². The lowest BCUT2D eigenvalue weighted by Gasteiger charge is -2.08. The average Bonchev–Trinajstić information content (AvgIpc) is 2.33. The van der Waals surface area contributed by atoms with E-state index in [1.165, 1.54) is 12.1 Å². The molecular formula is C13H11BrN2O2. The van der Waals surface area contributed by atoms with Gasteiger partial charge in [0.05, 0.1) is 11.4 Å². The summed E-state index contributed by atoms with van der Waals surface area (Å²) in [6, 6.07) is 11.2. The van der Waals surface area contributed by atoms with Gasteiger partial charge in [-0.15, -0.1) is 0 Å². The number of nitrogens with one attached hydrogen (secondary N) is 1. The van der Waals surface area contributed by atoms with Gasteiger partial charge in [0.25, 0.3) is 5.91 Å². The van der Waals surface area contributed by atoms with E-state index in [2.05, 4.69) is 21.2 Å². The van der Waals surface area contributed by atoms with E-state index in [0.717, 1.165) is 4.47 Å². The molecule has 0 atom stereocenters. The zero-order valence-electron chi connectivity index (χ0n) is 9.35. The number of phenolic OH excluding ortho intramolecular Hbond substituents is 1. The van der Waals surface area contributed by atoms with Crippen molar-refractivity contribution < 1.29 is 9.90 Å².